The monoisotopic (exact) mass is 185 g/mol. The molecule has 1 rings (SSSR count). The zero-order chi connectivity index (χ0) is 8.97. The van der Waals surface area contributed by atoms with Crippen molar-refractivity contribution in [1.82, 2.24) is 15.5 Å². The molecule has 0 fully saturated rings. The summed E-state index contributed by atoms with van der Waals surface area (Å²) in [6.07, 6.45) is 0. The Morgan fingerprint density at radius 3 is 2.67 bits per heavy atom. The van der Waals surface area contributed by atoms with Gasteiger partial charge in [0.05, 0.1) is 0 Å². The van der Waals surface area contributed by atoms with Gasteiger partial charge in [0, 0.05) is 12.5 Å². The quantitative estimate of drug-likeness (QED) is 0.777. The molecule has 0 amide bonds. The third kappa shape index (κ3) is 2.53. The predicted octanol–water partition coefficient (Wildman–Crippen LogP) is 1.77. The second kappa shape index (κ2) is 4.52. The van der Waals surface area contributed by atoms with Gasteiger partial charge in [0.1, 0.15) is 10.0 Å². The number of rotatable bonds is 4. The molecule has 12 heavy (non-hydrogen) atoms. The van der Waals surface area contributed by atoms with E-state index in [4.69, 9.17) is 0 Å². The van der Waals surface area contributed by atoms with E-state index in [1.165, 1.54) is 0 Å². The first-order valence-electron chi connectivity index (χ1n) is 4.27. The summed E-state index contributed by atoms with van der Waals surface area (Å²) in [6.45, 7) is 8.19. The highest BCUT2D eigenvalue weighted by atomic mass is 32.1. The van der Waals surface area contributed by atoms with Crippen LogP contribution in [0.15, 0.2) is 0 Å². The molecular formula is C8H15N3S. The highest BCUT2D eigenvalue weighted by Crippen LogP contribution is 2.18. The first kappa shape index (κ1) is 9.61. The van der Waals surface area contributed by atoms with Gasteiger partial charge in [-0.05, 0) is 6.54 Å². The van der Waals surface area contributed by atoms with Gasteiger partial charge in [-0.3, -0.25) is 0 Å². The van der Waals surface area contributed by atoms with Crippen LogP contribution in [-0.2, 0) is 6.54 Å². The third-order valence-corrected chi connectivity index (χ3v) is 2.73. The first-order chi connectivity index (χ1) is 5.74. The van der Waals surface area contributed by atoms with E-state index in [1.807, 2.05) is 0 Å². The molecule has 0 saturated carbocycles. The molecule has 0 atom stereocenters. The van der Waals surface area contributed by atoms with E-state index in [-0.39, 0.29) is 0 Å². The fraction of sp³-hybridized carbons (Fsp3) is 0.750. The summed E-state index contributed by atoms with van der Waals surface area (Å²) in [5.74, 6) is 0.498. The van der Waals surface area contributed by atoms with Gasteiger partial charge in [0.2, 0.25) is 0 Å². The Balaban J connectivity index is 2.52. The Morgan fingerprint density at radius 1 is 1.42 bits per heavy atom. The lowest BCUT2D eigenvalue weighted by molar-refractivity contribution is 0.712. The number of hydrogen-bond donors (Lipinski definition) is 1. The minimum absolute atomic E-state index is 0.498. The van der Waals surface area contributed by atoms with Crippen LogP contribution in [0.3, 0.4) is 0 Å². The van der Waals surface area contributed by atoms with Gasteiger partial charge in [-0.15, -0.1) is 10.2 Å². The maximum atomic E-state index is 4.10. The van der Waals surface area contributed by atoms with E-state index in [2.05, 4.69) is 36.3 Å². The Morgan fingerprint density at radius 2 is 2.17 bits per heavy atom. The van der Waals surface area contributed by atoms with E-state index in [9.17, 15) is 0 Å². The summed E-state index contributed by atoms with van der Waals surface area (Å²) in [5.41, 5.74) is 0. The molecule has 3 nitrogen and oxygen atoms in total. The maximum Gasteiger partial charge on any atom is 0.131 e. The van der Waals surface area contributed by atoms with Crippen molar-refractivity contribution < 1.29 is 0 Å². The molecule has 0 aliphatic carbocycles. The Kier molecular flexibility index (Phi) is 3.62. The fourth-order valence-corrected chi connectivity index (χ4v) is 1.62. The SMILES string of the molecule is CCNCc1nnc(C(C)C)s1. The standard InChI is InChI=1S/C8H15N3S/c1-4-9-5-7-10-11-8(12-7)6(2)3/h6,9H,4-5H2,1-3H3. The predicted molar refractivity (Wildman–Crippen MR) is 51.4 cm³/mol. The number of hydrogen-bond acceptors (Lipinski definition) is 4. The molecule has 0 aliphatic heterocycles. The topological polar surface area (TPSA) is 37.8 Å². The Hall–Kier alpha value is -0.480. The van der Waals surface area contributed by atoms with Crippen LogP contribution in [0.5, 0.6) is 0 Å². The molecule has 4 heteroatoms. The van der Waals surface area contributed by atoms with E-state index < -0.39 is 0 Å². The zero-order valence-electron chi connectivity index (χ0n) is 7.79. The minimum Gasteiger partial charge on any atom is -0.311 e. The highest BCUT2D eigenvalue weighted by Gasteiger charge is 2.06. The van der Waals surface area contributed by atoms with Crippen molar-refractivity contribution in [3.05, 3.63) is 10.0 Å². The van der Waals surface area contributed by atoms with Crippen LogP contribution < -0.4 is 5.32 Å². The lowest BCUT2D eigenvalue weighted by atomic mass is 10.2. The van der Waals surface area contributed by atoms with Crippen molar-refractivity contribution in [2.24, 2.45) is 0 Å². The van der Waals surface area contributed by atoms with Crippen LogP contribution >= 0.6 is 11.3 Å². The lowest BCUT2D eigenvalue weighted by Crippen LogP contribution is -2.11. The molecule has 1 aromatic rings. The third-order valence-electron chi connectivity index (χ3n) is 1.50. The molecule has 0 aromatic carbocycles. The van der Waals surface area contributed by atoms with Gasteiger partial charge in [-0.1, -0.05) is 32.1 Å². The van der Waals surface area contributed by atoms with Crippen molar-refractivity contribution in [2.75, 3.05) is 6.54 Å². The second-order valence-corrected chi connectivity index (χ2v) is 4.06. The van der Waals surface area contributed by atoms with Gasteiger partial charge < -0.3 is 5.32 Å². The largest absolute Gasteiger partial charge is 0.311 e. The van der Waals surface area contributed by atoms with Crippen LogP contribution in [-0.4, -0.2) is 16.7 Å². The summed E-state index contributed by atoms with van der Waals surface area (Å²) in [6, 6.07) is 0. The lowest BCUT2D eigenvalue weighted by Gasteiger charge is -1.95. The molecule has 68 valence electrons. The van der Waals surface area contributed by atoms with Crippen molar-refractivity contribution in [1.29, 1.82) is 0 Å². The maximum absolute atomic E-state index is 4.10. The van der Waals surface area contributed by atoms with E-state index in [0.29, 0.717) is 5.92 Å². The van der Waals surface area contributed by atoms with Gasteiger partial charge in [-0.2, -0.15) is 0 Å². The molecule has 0 bridgehead atoms. The van der Waals surface area contributed by atoms with Crippen molar-refractivity contribution in [3.8, 4) is 0 Å². The molecule has 0 spiro atoms. The second-order valence-electron chi connectivity index (χ2n) is 2.97. The van der Waals surface area contributed by atoms with Crippen LogP contribution in [0, 0.1) is 0 Å². The van der Waals surface area contributed by atoms with Gasteiger partial charge in [0.15, 0.2) is 0 Å². The normalized spacial score (nSPS) is 11.0. The fourth-order valence-electron chi connectivity index (χ4n) is 0.803. The smallest absolute Gasteiger partial charge is 0.131 e. The van der Waals surface area contributed by atoms with Crippen LogP contribution in [0.4, 0.5) is 0 Å². The summed E-state index contributed by atoms with van der Waals surface area (Å²) >= 11 is 1.70. The Bertz CT molecular complexity index is 232. The van der Waals surface area contributed by atoms with Crippen molar-refractivity contribution >= 4 is 11.3 Å². The molecule has 1 N–H and O–H groups in total. The first-order valence-corrected chi connectivity index (χ1v) is 5.08. The van der Waals surface area contributed by atoms with Crippen LogP contribution in [0.2, 0.25) is 0 Å². The van der Waals surface area contributed by atoms with E-state index in [0.717, 1.165) is 23.1 Å². The molecule has 0 radical (unpaired) electrons. The summed E-state index contributed by atoms with van der Waals surface area (Å²) in [5, 5.41) is 13.6. The molecule has 0 aliphatic rings. The molecule has 1 aromatic heterocycles. The van der Waals surface area contributed by atoms with E-state index in [1.54, 1.807) is 11.3 Å². The Labute approximate surface area is 77.2 Å². The number of nitrogens with one attached hydrogen (secondary N) is 1. The molecular weight excluding hydrogens is 170 g/mol. The minimum atomic E-state index is 0.498. The summed E-state index contributed by atoms with van der Waals surface area (Å²) in [4.78, 5) is 0. The van der Waals surface area contributed by atoms with Gasteiger partial charge in [-0.25, -0.2) is 0 Å². The van der Waals surface area contributed by atoms with E-state index >= 15 is 0 Å². The highest BCUT2D eigenvalue weighted by molar-refractivity contribution is 7.11. The van der Waals surface area contributed by atoms with Gasteiger partial charge in [0.25, 0.3) is 0 Å². The molecule has 0 unspecified atom stereocenters. The van der Waals surface area contributed by atoms with Crippen molar-refractivity contribution in [2.45, 2.75) is 33.2 Å². The number of aromatic nitrogens is 2. The zero-order valence-corrected chi connectivity index (χ0v) is 8.61. The van der Waals surface area contributed by atoms with Crippen molar-refractivity contribution in [3.63, 3.8) is 0 Å². The summed E-state index contributed by atoms with van der Waals surface area (Å²) in [7, 11) is 0. The molecule has 0 saturated heterocycles. The average Bonchev–Trinajstić information content (AvgIpc) is 2.48. The van der Waals surface area contributed by atoms with Crippen LogP contribution in [0.1, 0.15) is 36.7 Å². The summed E-state index contributed by atoms with van der Waals surface area (Å²) < 4.78 is 0. The van der Waals surface area contributed by atoms with Gasteiger partial charge >= 0.3 is 0 Å². The average molecular weight is 185 g/mol. The molecule has 1 heterocycles. The number of nitrogens with zero attached hydrogens (tertiary/aromatic N) is 2. The van der Waals surface area contributed by atoms with Crippen LogP contribution in [0.25, 0.3) is 0 Å².